The minimum Gasteiger partial charge on any atom is -0.465 e. The van der Waals surface area contributed by atoms with Crippen LogP contribution in [0, 0.1) is 0 Å². The third-order valence-corrected chi connectivity index (χ3v) is 2.75. The van der Waals surface area contributed by atoms with Gasteiger partial charge in [-0.3, -0.25) is 4.79 Å². The molecule has 2 amide bonds. The molecule has 0 aromatic carbocycles. The second-order valence-electron chi connectivity index (χ2n) is 4.93. The lowest BCUT2D eigenvalue weighted by atomic mass is 9.99. The van der Waals surface area contributed by atoms with Crippen molar-refractivity contribution in [2.75, 3.05) is 13.1 Å². The van der Waals surface area contributed by atoms with Crippen LogP contribution in [0.15, 0.2) is 0 Å². The normalized spacial score (nSPS) is 17.0. The van der Waals surface area contributed by atoms with E-state index in [0.717, 1.165) is 25.9 Å². The Hall–Kier alpha value is -1.26. The SMILES string of the molecule is CC(C)(CC(=O)N1CCCCC1)NC(=O)O. The Balaban J connectivity index is 2.45. The number of piperidine rings is 1. The molecule has 0 bridgehead atoms. The molecule has 0 saturated carbocycles. The van der Waals surface area contributed by atoms with Crippen molar-refractivity contribution in [3.63, 3.8) is 0 Å². The fourth-order valence-electron chi connectivity index (χ4n) is 1.97. The summed E-state index contributed by atoms with van der Waals surface area (Å²) in [5.74, 6) is 0.0402. The Kier molecular flexibility index (Phi) is 4.15. The van der Waals surface area contributed by atoms with Crippen molar-refractivity contribution in [1.82, 2.24) is 10.2 Å². The van der Waals surface area contributed by atoms with E-state index in [1.807, 2.05) is 4.90 Å². The predicted molar refractivity (Wildman–Crippen MR) is 60.3 cm³/mol. The maximum atomic E-state index is 11.9. The van der Waals surface area contributed by atoms with Crippen molar-refractivity contribution >= 4 is 12.0 Å². The smallest absolute Gasteiger partial charge is 0.405 e. The van der Waals surface area contributed by atoms with Crippen LogP contribution in [0.5, 0.6) is 0 Å². The molecular weight excluding hydrogens is 208 g/mol. The zero-order valence-corrected chi connectivity index (χ0v) is 9.95. The Labute approximate surface area is 95.8 Å². The van der Waals surface area contributed by atoms with Gasteiger partial charge < -0.3 is 15.3 Å². The van der Waals surface area contributed by atoms with E-state index >= 15 is 0 Å². The highest BCUT2D eigenvalue weighted by molar-refractivity contribution is 5.78. The molecule has 1 heterocycles. The second kappa shape index (κ2) is 5.18. The fourth-order valence-corrected chi connectivity index (χ4v) is 1.97. The minimum atomic E-state index is -1.09. The highest BCUT2D eigenvalue weighted by Crippen LogP contribution is 2.15. The van der Waals surface area contributed by atoms with E-state index in [9.17, 15) is 9.59 Å². The molecule has 16 heavy (non-hydrogen) atoms. The average Bonchev–Trinajstić information content (AvgIpc) is 2.16. The largest absolute Gasteiger partial charge is 0.465 e. The van der Waals surface area contributed by atoms with E-state index in [-0.39, 0.29) is 12.3 Å². The van der Waals surface area contributed by atoms with Crippen LogP contribution in [0.4, 0.5) is 4.79 Å². The zero-order valence-electron chi connectivity index (χ0n) is 9.95. The van der Waals surface area contributed by atoms with Crippen molar-refractivity contribution in [3.05, 3.63) is 0 Å². The maximum absolute atomic E-state index is 11.9. The summed E-state index contributed by atoms with van der Waals surface area (Å²) >= 11 is 0. The van der Waals surface area contributed by atoms with Gasteiger partial charge in [-0.05, 0) is 33.1 Å². The van der Waals surface area contributed by atoms with Crippen LogP contribution < -0.4 is 5.32 Å². The summed E-state index contributed by atoms with van der Waals surface area (Å²) in [7, 11) is 0. The first kappa shape index (κ1) is 12.8. The Morgan fingerprint density at radius 2 is 1.81 bits per heavy atom. The first-order valence-electron chi connectivity index (χ1n) is 5.70. The monoisotopic (exact) mass is 228 g/mol. The lowest BCUT2D eigenvalue weighted by Crippen LogP contribution is -2.47. The van der Waals surface area contributed by atoms with Gasteiger partial charge in [0.25, 0.3) is 0 Å². The third kappa shape index (κ3) is 4.08. The first-order valence-corrected chi connectivity index (χ1v) is 5.70. The molecule has 1 rings (SSSR count). The number of rotatable bonds is 3. The van der Waals surface area contributed by atoms with Crippen molar-refractivity contribution in [3.8, 4) is 0 Å². The van der Waals surface area contributed by atoms with Crippen molar-refractivity contribution in [2.24, 2.45) is 0 Å². The third-order valence-electron chi connectivity index (χ3n) is 2.75. The van der Waals surface area contributed by atoms with Gasteiger partial charge in [-0.1, -0.05) is 0 Å². The number of nitrogens with zero attached hydrogens (tertiary/aromatic N) is 1. The number of hydrogen-bond acceptors (Lipinski definition) is 2. The van der Waals surface area contributed by atoms with Gasteiger partial charge >= 0.3 is 6.09 Å². The molecule has 5 nitrogen and oxygen atoms in total. The van der Waals surface area contributed by atoms with Crippen LogP contribution >= 0.6 is 0 Å². The standard InChI is InChI=1S/C11H20N2O3/c1-11(2,12-10(15)16)8-9(14)13-6-4-3-5-7-13/h12H,3-8H2,1-2H3,(H,15,16). The Morgan fingerprint density at radius 1 is 1.25 bits per heavy atom. The Bertz CT molecular complexity index is 270. The molecule has 1 saturated heterocycles. The summed E-state index contributed by atoms with van der Waals surface area (Å²) in [4.78, 5) is 24.3. The molecule has 1 aliphatic rings. The molecule has 0 atom stereocenters. The average molecular weight is 228 g/mol. The van der Waals surface area contributed by atoms with Crippen LogP contribution in [-0.2, 0) is 4.79 Å². The van der Waals surface area contributed by atoms with Crippen LogP contribution in [0.3, 0.4) is 0 Å². The summed E-state index contributed by atoms with van der Waals surface area (Å²) in [5.41, 5.74) is -0.694. The highest BCUT2D eigenvalue weighted by Gasteiger charge is 2.27. The molecule has 0 spiro atoms. The molecule has 0 aromatic rings. The minimum absolute atomic E-state index is 0.0402. The van der Waals surface area contributed by atoms with Crippen molar-refractivity contribution < 1.29 is 14.7 Å². The van der Waals surface area contributed by atoms with Gasteiger partial charge in [0, 0.05) is 25.0 Å². The fraction of sp³-hybridized carbons (Fsp3) is 0.818. The molecule has 0 radical (unpaired) electrons. The number of carbonyl (C=O) groups excluding carboxylic acids is 1. The molecule has 1 aliphatic heterocycles. The maximum Gasteiger partial charge on any atom is 0.405 e. The van der Waals surface area contributed by atoms with Crippen molar-refractivity contribution in [2.45, 2.75) is 45.1 Å². The number of carbonyl (C=O) groups is 2. The quantitative estimate of drug-likeness (QED) is 0.767. The van der Waals surface area contributed by atoms with E-state index < -0.39 is 11.6 Å². The second-order valence-corrected chi connectivity index (χ2v) is 4.93. The molecular formula is C11H20N2O3. The van der Waals surface area contributed by atoms with Gasteiger partial charge in [-0.25, -0.2) is 4.79 Å². The van der Waals surface area contributed by atoms with E-state index in [0.29, 0.717) is 0 Å². The lowest BCUT2D eigenvalue weighted by Gasteiger charge is -2.31. The first-order chi connectivity index (χ1) is 7.41. The number of carboxylic acid groups (broad SMARTS) is 1. The summed E-state index contributed by atoms with van der Waals surface area (Å²) in [5, 5.41) is 11.0. The number of hydrogen-bond donors (Lipinski definition) is 2. The topological polar surface area (TPSA) is 69.6 Å². The van der Waals surface area contributed by atoms with Crippen LogP contribution in [0.2, 0.25) is 0 Å². The number of likely N-dealkylation sites (tertiary alicyclic amines) is 1. The molecule has 0 unspecified atom stereocenters. The van der Waals surface area contributed by atoms with Gasteiger partial charge in [-0.15, -0.1) is 0 Å². The number of amides is 2. The van der Waals surface area contributed by atoms with E-state index in [1.165, 1.54) is 6.42 Å². The molecule has 0 aromatic heterocycles. The van der Waals surface area contributed by atoms with Gasteiger partial charge in [0.2, 0.25) is 5.91 Å². The molecule has 5 heteroatoms. The van der Waals surface area contributed by atoms with Gasteiger partial charge in [-0.2, -0.15) is 0 Å². The van der Waals surface area contributed by atoms with Gasteiger partial charge in [0.05, 0.1) is 0 Å². The summed E-state index contributed by atoms with van der Waals surface area (Å²) in [6.07, 6.45) is 2.42. The van der Waals surface area contributed by atoms with E-state index in [2.05, 4.69) is 5.32 Å². The summed E-state index contributed by atoms with van der Waals surface area (Å²) in [6, 6.07) is 0. The Morgan fingerprint density at radius 3 is 2.31 bits per heavy atom. The lowest BCUT2D eigenvalue weighted by molar-refractivity contribution is -0.133. The van der Waals surface area contributed by atoms with E-state index in [1.54, 1.807) is 13.8 Å². The zero-order chi connectivity index (χ0) is 12.2. The number of nitrogens with one attached hydrogen (secondary N) is 1. The highest BCUT2D eigenvalue weighted by atomic mass is 16.4. The van der Waals surface area contributed by atoms with E-state index in [4.69, 9.17) is 5.11 Å². The van der Waals surface area contributed by atoms with Gasteiger partial charge in [0.15, 0.2) is 0 Å². The predicted octanol–water partition coefficient (Wildman–Crippen LogP) is 1.44. The molecule has 2 N–H and O–H groups in total. The summed E-state index contributed by atoms with van der Waals surface area (Å²) in [6.45, 7) is 5.07. The van der Waals surface area contributed by atoms with Gasteiger partial charge in [0.1, 0.15) is 0 Å². The molecule has 0 aliphatic carbocycles. The van der Waals surface area contributed by atoms with Crippen molar-refractivity contribution in [1.29, 1.82) is 0 Å². The van der Waals surface area contributed by atoms with Crippen LogP contribution in [0.25, 0.3) is 0 Å². The molecule has 1 fully saturated rings. The van der Waals surface area contributed by atoms with Crippen LogP contribution in [-0.4, -0.2) is 40.6 Å². The molecule has 92 valence electrons. The summed E-state index contributed by atoms with van der Waals surface area (Å²) < 4.78 is 0. The van der Waals surface area contributed by atoms with Crippen LogP contribution in [0.1, 0.15) is 39.5 Å².